The third kappa shape index (κ3) is 5.45. The summed E-state index contributed by atoms with van der Waals surface area (Å²) in [6.45, 7) is 8.13. The van der Waals surface area contributed by atoms with E-state index in [2.05, 4.69) is 14.9 Å². The molecule has 216 valence electrons. The predicted molar refractivity (Wildman–Crippen MR) is 152 cm³/mol. The number of ether oxygens (including phenoxy) is 2. The van der Waals surface area contributed by atoms with Crippen molar-refractivity contribution in [2.24, 2.45) is 5.92 Å². The average Bonchev–Trinajstić information content (AvgIpc) is 3.54. The van der Waals surface area contributed by atoms with Gasteiger partial charge in [-0.3, -0.25) is 14.5 Å². The van der Waals surface area contributed by atoms with E-state index in [-0.39, 0.29) is 36.9 Å². The number of rotatable bonds is 5. The second-order valence-corrected chi connectivity index (χ2v) is 12.3. The molecule has 3 amide bonds. The Hall–Kier alpha value is -4.15. The van der Waals surface area contributed by atoms with Crippen LogP contribution in [0.3, 0.4) is 0 Å². The number of fused-ring (bicyclic) bond motifs is 2. The van der Waals surface area contributed by atoms with Crippen molar-refractivity contribution in [1.29, 1.82) is 0 Å². The fraction of sp³-hybridized carbons (Fsp3) is 0.500. The first-order valence-electron chi connectivity index (χ1n) is 14.2. The van der Waals surface area contributed by atoms with Crippen LogP contribution in [0.4, 0.5) is 10.5 Å². The maximum absolute atomic E-state index is 13.1. The number of imidazole rings is 1. The van der Waals surface area contributed by atoms with Crippen LogP contribution in [-0.4, -0.2) is 69.2 Å². The van der Waals surface area contributed by atoms with Gasteiger partial charge in [-0.15, -0.1) is 0 Å². The van der Waals surface area contributed by atoms with E-state index in [1.165, 1.54) is 4.90 Å². The monoisotopic (exact) mass is 560 g/mol. The van der Waals surface area contributed by atoms with E-state index in [1.807, 2.05) is 37.5 Å². The highest BCUT2D eigenvalue weighted by atomic mass is 16.6. The zero-order valence-corrected chi connectivity index (χ0v) is 24.1. The fourth-order valence-corrected chi connectivity index (χ4v) is 5.41. The van der Waals surface area contributed by atoms with Crippen LogP contribution >= 0.6 is 0 Å². The van der Waals surface area contributed by atoms with Crippen molar-refractivity contribution in [1.82, 2.24) is 24.8 Å². The van der Waals surface area contributed by atoms with Gasteiger partial charge in [-0.25, -0.2) is 14.8 Å². The van der Waals surface area contributed by atoms with Gasteiger partial charge in [-0.05, 0) is 58.2 Å². The Balaban J connectivity index is 1.36. The van der Waals surface area contributed by atoms with Crippen molar-refractivity contribution in [3.05, 3.63) is 36.2 Å². The van der Waals surface area contributed by atoms with Crippen molar-refractivity contribution < 1.29 is 23.9 Å². The van der Waals surface area contributed by atoms with Crippen LogP contribution in [0.5, 0.6) is 5.88 Å². The molecule has 3 aromatic rings. The van der Waals surface area contributed by atoms with Gasteiger partial charge in [0.15, 0.2) is 0 Å². The van der Waals surface area contributed by atoms with Crippen molar-refractivity contribution in [2.45, 2.75) is 71.2 Å². The third-order valence-corrected chi connectivity index (χ3v) is 7.89. The van der Waals surface area contributed by atoms with Crippen molar-refractivity contribution in [2.75, 3.05) is 25.0 Å². The Kier molecular flexibility index (Phi) is 6.62. The lowest BCUT2D eigenvalue weighted by Crippen LogP contribution is -2.41. The highest BCUT2D eigenvalue weighted by Crippen LogP contribution is 2.41. The molecule has 41 heavy (non-hydrogen) atoms. The normalized spacial score (nSPS) is 20.1. The number of pyridine rings is 1. The number of hydrogen-bond acceptors (Lipinski definition) is 7. The summed E-state index contributed by atoms with van der Waals surface area (Å²) in [5.74, 6) is 0.370. The minimum Gasteiger partial charge on any atom is -0.473 e. The molecule has 1 saturated heterocycles. The van der Waals surface area contributed by atoms with E-state index >= 15 is 0 Å². The molecular weight excluding hydrogens is 524 g/mol. The summed E-state index contributed by atoms with van der Waals surface area (Å²) >= 11 is 0. The van der Waals surface area contributed by atoms with Crippen molar-refractivity contribution in [3.63, 3.8) is 0 Å². The molecule has 0 radical (unpaired) electrons. The zero-order valence-electron chi connectivity index (χ0n) is 24.1. The molecule has 2 fully saturated rings. The first-order valence-corrected chi connectivity index (χ1v) is 14.2. The first kappa shape index (κ1) is 27.0. The molecule has 1 saturated carbocycles. The summed E-state index contributed by atoms with van der Waals surface area (Å²) in [5, 5.41) is 2.89. The van der Waals surface area contributed by atoms with Gasteiger partial charge in [0, 0.05) is 43.2 Å². The van der Waals surface area contributed by atoms with E-state index in [9.17, 15) is 14.4 Å². The Morgan fingerprint density at radius 1 is 1.15 bits per heavy atom. The minimum absolute atomic E-state index is 0.0363. The summed E-state index contributed by atoms with van der Waals surface area (Å²) in [6.07, 6.45) is 3.71. The molecule has 11 nitrogen and oxygen atoms in total. The molecule has 11 heteroatoms. The SMILES string of the molecule is CC(Oc1nc(-c2ccc3c(c2)N(C)C(=O)CN(C(=O)OC(C)(C)C)C3)cc2ncn(C3CC3)c12)C1CNC(=O)C1. The van der Waals surface area contributed by atoms with Gasteiger partial charge in [0.2, 0.25) is 17.7 Å². The first-order chi connectivity index (χ1) is 19.5. The smallest absolute Gasteiger partial charge is 0.411 e. The van der Waals surface area contributed by atoms with Crippen LogP contribution in [-0.2, 0) is 20.9 Å². The maximum Gasteiger partial charge on any atom is 0.411 e. The second-order valence-electron chi connectivity index (χ2n) is 12.3. The van der Waals surface area contributed by atoms with Crippen molar-refractivity contribution >= 4 is 34.6 Å². The molecule has 0 bridgehead atoms. The highest BCUT2D eigenvalue weighted by Gasteiger charge is 2.33. The van der Waals surface area contributed by atoms with Crippen LogP contribution < -0.4 is 15.0 Å². The topological polar surface area (TPSA) is 119 Å². The van der Waals surface area contributed by atoms with E-state index in [4.69, 9.17) is 14.5 Å². The summed E-state index contributed by atoms with van der Waals surface area (Å²) < 4.78 is 14.1. The van der Waals surface area contributed by atoms with Gasteiger partial charge in [0.1, 0.15) is 23.8 Å². The average molecular weight is 561 g/mol. The number of hydrogen-bond donors (Lipinski definition) is 1. The van der Waals surface area contributed by atoms with E-state index in [0.29, 0.717) is 36.3 Å². The minimum atomic E-state index is -0.664. The van der Waals surface area contributed by atoms with Gasteiger partial charge >= 0.3 is 6.09 Å². The zero-order chi connectivity index (χ0) is 29.1. The van der Waals surface area contributed by atoms with Gasteiger partial charge in [0.05, 0.1) is 24.1 Å². The molecular formula is C30H36N6O5. The number of likely N-dealkylation sites (N-methyl/N-ethyl adjacent to an activating group) is 1. The maximum atomic E-state index is 13.1. The molecule has 2 aromatic heterocycles. The third-order valence-electron chi connectivity index (χ3n) is 7.89. The van der Waals surface area contributed by atoms with Gasteiger partial charge in [-0.1, -0.05) is 12.1 Å². The van der Waals surface area contributed by atoms with Gasteiger partial charge < -0.3 is 24.3 Å². The lowest BCUT2D eigenvalue weighted by molar-refractivity contribution is -0.120. The molecule has 2 atom stereocenters. The number of benzene rings is 1. The van der Waals surface area contributed by atoms with E-state index in [1.54, 1.807) is 32.7 Å². The molecule has 0 spiro atoms. The van der Waals surface area contributed by atoms with Crippen LogP contribution in [0, 0.1) is 5.92 Å². The molecule has 2 aliphatic heterocycles. The van der Waals surface area contributed by atoms with E-state index < -0.39 is 11.7 Å². The number of nitrogens with one attached hydrogen (secondary N) is 1. The molecule has 6 rings (SSSR count). The molecule has 2 unspecified atom stereocenters. The number of amides is 3. The molecule has 1 N–H and O–H groups in total. The number of anilines is 1. The molecule has 1 aliphatic carbocycles. The number of nitrogens with zero attached hydrogens (tertiary/aromatic N) is 5. The molecule has 1 aromatic carbocycles. The van der Waals surface area contributed by atoms with Gasteiger partial charge in [-0.2, -0.15) is 0 Å². The Morgan fingerprint density at radius 2 is 1.93 bits per heavy atom. The summed E-state index contributed by atoms with van der Waals surface area (Å²) in [6, 6.07) is 8.11. The Bertz CT molecular complexity index is 1540. The largest absolute Gasteiger partial charge is 0.473 e. The second kappa shape index (κ2) is 10.0. The lowest BCUT2D eigenvalue weighted by Gasteiger charge is -2.26. The standard InChI is InChI=1S/C30H36N6O5/c1-17(20-11-25(37)31-13-20)40-28-27-23(32-16-36(27)21-8-9-21)12-22(33-28)18-6-7-19-14-35(29(39)41-30(2,3)4)15-26(38)34(5)24(19)10-18/h6-7,10,12,16-17,20-21H,8-9,11,13-15H2,1-5H3,(H,31,37). The van der Waals surface area contributed by atoms with E-state index in [0.717, 1.165) is 35.0 Å². The summed E-state index contributed by atoms with van der Waals surface area (Å²) in [4.78, 5) is 50.4. The lowest BCUT2D eigenvalue weighted by atomic mass is 10.0. The van der Waals surface area contributed by atoms with Crippen LogP contribution in [0.15, 0.2) is 30.6 Å². The van der Waals surface area contributed by atoms with Crippen LogP contribution in [0.1, 0.15) is 58.6 Å². The van der Waals surface area contributed by atoms with Gasteiger partial charge in [0.25, 0.3) is 0 Å². The van der Waals surface area contributed by atoms with Crippen molar-refractivity contribution in [3.8, 4) is 17.1 Å². The number of aromatic nitrogens is 3. The number of carbonyl (C=O) groups excluding carboxylic acids is 3. The van der Waals surface area contributed by atoms with Crippen LogP contribution in [0.25, 0.3) is 22.3 Å². The quantitative estimate of drug-likeness (QED) is 0.500. The molecule has 3 aliphatic rings. The Labute approximate surface area is 238 Å². The summed E-state index contributed by atoms with van der Waals surface area (Å²) in [7, 11) is 1.71. The highest BCUT2D eigenvalue weighted by molar-refractivity contribution is 5.98. The number of carbonyl (C=O) groups is 3. The fourth-order valence-electron chi connectivity index (χ4n) is 5.41. The predicted octanol–water partition coefficient (Wildman–Crippen LogP) is 4.05. The van der Waals surface area contributed by atoms with Crippen LogP contribution in [0.2, 0.25) is 0 Å². The summed E-state index contributed by atoms with van der Waals surface area (Å²) in [5.41, 5.74) is 3.97. The molecule has 4 heterocycles. The Morgan fingerprint density at radius 3 is 2.61 bits per heavy atom.